The smallest absolute Gasteiger partial charge is 0.407 e. The molecule has 182 valence electrons. The lowest BCUT2D eigenvalue weighted by Crippen LogP contribution is -2.49. The summed E-state index contributed by atoms with van der Waals surface area (Å²) in [6, 6.07) is 7.98. The van der Waals surface area contributed by atoms with Crippen LogP contribution in [-0.2, 0) is 11.2 Å². The molecule has 2 saturated heterocycles. The SMILES string of the molecule is C.Nc1ccc(-c2c(F)cccc2F)nc1C(=O)Cc1cnccc1N1CC[C@H]2OC(=O)N[C@H]2C1. The van der Waals surface area contributed by atoms with Gasteiger partial charge < -0.3 is 20.7 Å². The Morgan fingerprint density at radius 2 is 1.97 bits per heavy atom. The van der Waals surface area contributed by atoms with Crippen LogP contribution in [-0.4, -0.2) is 47.1 Å². The molecule has 0 bridgehead atoms. The highest BCUT2D eigenvalue weighted by Gasteiger charge is 2.39. The molecule has 2 aliphatic heterocycles. The zero-order valence-electron chi connectivity index (χ0n) is 18.0. The Kier molecular flexibility index (Phi) is 6.63. The van der Waals surface area contributed by atoms with Crippen molar-refractivity contribution in [1.29, 1.82) is 0 Å². The number of anilines is 2. The number of halogens is 2. The molecule has 8 nitrogen and oxygen atoms in total. The molecule has 3 N–H and O–H groups in total. The molecule has 0 aliphatic carbocycles. The molecule has 0 spiro atoms. The maximum absolute atomic E-state index is 14.2. The number of fused-ring (bicyclic) bond motifs is 1. The van der Waals surface area contributed by atoms with Gasteiger partial charge in [-0.25, -0.2) is 18.6 Å². The summed E-state index contributed by atoms with van der Waals surface area (Å²) in [6.07, 6.45) is 3.24. The van der Waals surface area contributed by atoms with Crippen LogP contribution in [0.4, 0.5) is 25.0 Å². The van der Waals surface area contributed by atoms with Crippen LogP contribution in [0.5, 0.6) is 0 Å². The Morgan fingerprint density at radius 3 is 2.74 bits per heavy atom. The van der Waals surface area contributed by atoms with Gasteiger partial charge >= 0.3 is 6.09 Å². The highest BCUT2D eigenvalue weighted by Crippen LogP contribution is 2.29. The third-order valence-electron chi connectivity index (χ3n) is 6.09. The molecule has 3 aromatic rings. The van der Waals surface area contributed by atoms with Gasteiger partial charge in [0.05, 0.1) is 23.0 Å². The summed E-state index contributed by atoms with van der Waals surface area (Å²) >= 11 is 0. The van der Waals surface area contributed by atoms with Crippen molar-refractivity contribution in [2.75, 3.05) is 23.7 Å². The van der Waals surface area contributed by atoms with Crippen LogP contribution in [0.2, 0.25) is 0 Å². The van der Waals surface area contributed by atoms with Crippen LogP contribution in [0.25, 0.3) is 11.3 Å². The minimum atomic E-state index is -0.781. The Hall–Kier alpha value is -4.08. The normalized spacial score (nSPS) is 18.8. The molecule has 1 aromatic carbocycles. The maximum Gasteiger partial charge on any atom is 0.407 e. The molecule has 35 heavy (non-hydrogen) atoms. The van der Waals surface area contributed by atoms with Crippen molar-refractivity contribution in [3.8, 4) is 11.3 Å². The average Bonchev–Trinajstić information content (AvgIpc) is 3.19. The number of carbonyl (C=O) groups is 2. The van der Waals surface area contributed by atoms with Crippen molar-refractivity contribution in [3.63, 3.8) is 0 Å². The van der Waals surface area contributed by atoms with E-state index in [1.54, 1.807) is 12.4 Å². The van der Waals surface area contributed by atoms with Crippen molar-refractivity contribution < 1.29 is 23.1 Å². The maximum atomic E-state index is 14.2. The van der Waals surface area contributed by atoms with E-state index in [2.05, 4.69) is 20.2 Å². The van der Waals surface area contributed by atoms with Crippen LogP contribution in [0.3, 0.4) is 0 Å². The number of nitrogen functional groups attached to an aromatic ring is 1. The first-order valence-corrected chi connectivity index (χ1v) is 10.8. The van der Waals surface area contributed by atoms with Crippen LogP contribution < -0.4 is 16.0 Å². The summed E-state index contributed by atoms with van der Waals surface area (Å²) in [6.45, 7) is 1.17. The van der Waals surface area contributed by atoms with Gasteiger partial charge in [-0.05, 0) is 30.3 Å². The number of hydrogen-bond donors (Lipinski definition) is 2. The Bertz CT molecular complexity index is 1270. The van der Waals surface area contributed by atoms with Gasteiger partial charge in [0.25, 0.3) is 0 Å². The number of nitrogens with one attached hydrogen (secondary N) is 1. The minimum absolute atomic E-state index is 0. The predicted molar refractivity (Wildman–Crippen MR) is 127 cm³/mol. The molecule has 4 heterocycles. The standard InChI is InChI=1S/C24H21F2N5O3.CH4/c25-14-2-1-3-15(26)22(14)17-5-4-16(27)23(29-17)20(32)10-13-11-28-8-6-19(13)31-9-7-21-18(12-31)30-24(33)34-21;/h1-6,8,11,18,21H,7,9-10,12,27H2,(H,30,33);1H4/t18-,21+;/m0./s1. The summed E-state index contributed by atoms with van der Waals surface area (Å²) in [5.41, 5.74) is 7.17. The van der Waals surface area contributed by atoms with Gasteiger partial charge in [0.1, 0.15) is 23.4 Å². The zero-order valence-corrected chi connectivity index (χ0v) is 18.0. The lowest BCUT2D eigenvalue weighted by Gasteiger charge is -2.35. The van der Waals surface area contributed by atoms with Gasteiger partial charge in [0.15, 0.2) is 5.78 Å². The molecule has 0 unspecified atom stereocenters. The number of ether oxygens (including phenoxy) is 1. The third-order valence-corrected chi connectivity index (χ3v) is 6.09. The molecule has 2 aliphatic rings. The number of Topliss-reactive ketones (excluding diaryl/α,β-unsaturated/α-hetero) is 1. The first-order valence-electron chi connectivity index (χ1n) is 10.8. The molecule has 0 radical (unpaired) electrons. The Labute approximate surface area is 201 Å². The van der Waals surface area contributed by atoms with E-state index >= 15 is 0 Å². The molecule has 1 amide bonds. The fraction of sp³-hybridized carbons (Fsp3) is 0.280. The number of hydrogen-bond acceptors (Lipinski definition) is 7. The van der Waals surface area contributed by atoms with Crippen molar-refractivity contribution in [1.82, 2.24) is 15.3 Å². The van der Waals surface area contributed by atoms with Crippen LogP contribution in [0.1, 0.15) is 29.9 Å². The van der Waals surface area contributed by atoms with Crippen molar-refractivity contribution in [3.05, 3.63) is 71.7 Å². The minimum Gasteiger partial charge on any atom is -0.444 e. The largest absolute Gasteiger partial charge is 0.444 e. The molecule has 2 fully saturated rings. The second kappa shape index (κ2) is 9.65. The van der Waals surface area contributed by atoms with Gasteiger partial charge in [-0.1, -0.05) is 13.5 Å². The van der Waals surface area contributed by atoms with Gasteiger partial charge in [0, 0.05) is 49.6 Å². The number of nitrogens with two attached hydrogens (primary N) is 1. The van der Waals surface area contributed by atoms with E-state index in [9.17, 15) is 18.4 Å². The lowest BCUT2D eigenvalue weighted by molar-refractivity contribution is 0.0988. The Balaban J connectivity index is 0.00000289. The first-order chi connectivity index (χ1) is 16.4. The first kappa shape index (κ1) is 24.1. The molecule has 0 saturated carbocycles. The molecule has 10 heteroatoms. The molecular formula is C25H25F2N5O3. The van der Waals surface area contributed by atoms with E-state index in [1.807, 2.05) is 6.07 Å². The molecule has 2 atom stereocenters. The summed E-state index contributed by atoms with van der Waals surface area (Å²) in [7, 11) is 0. The van der Waals surface area contributed by atoms with Crippen LogP contribution in [0, 0.1) is 11.6 Å². The number of amides is 1. The lowest BCUT2D eigenvalue weighted by atomic mass is 9.99. The second-order valence-corrected chi connectivity index (χ2v) is 8.26. The number of pyridine rings is 2. The number of carbonyl (C=O) groups excluding carboxylic acids is 2. The van der Waals surface area contributed by atoms with Gasteiger partial charge in [0.2, 0.25) is 0 Å². The van der Waals surface area contributed by atoms with E-state index in [4.69, 9.17) is 10.5 Å². The number of benzene rings is 1. The van der Waals surface area contributed by atoms with Crippen LogP contribution in [0.15, 0.2) is 48.8 Å². The summed E-state index contributed by atoms with van der Waals surface area (Å²) in [5, 5.41) is 2.81. The topological polar surface area (TPSA) is 110 Å². The van der Waals surface area contributed by atoms with Gasteiger partial charge in [-0.15, -0.1) is 0 Å². The van der Waals surface area contributed by atoms with Gasteiger partial charge in [-0.3, -0.25) is 9.78 Å². The van der Waals surface area contributed by atoms with E-state index < -0.39 is 23.5 Å². The molecular weight excluding hydrogens is 456 g/mol. The van der Waals surface area contributed by atoms with Gasteiger partial charge in [-0.2, -0.15) is 0 Å². The third kappa shape index (κ3) is 4.64. The number of nitrogens with zero attached hydrogens (tertiary/aromatic N) is 3. The summed E-state index contributed by atoms with van der Waals surface area (Å²) in [5.74, 6) is -1.97. The quantitative estimate of drug-likeness (QED) is 0.534. The average molecular weight is 482 g/mol. The van der Waals surface area contributed by atoms with E-state index in [-0.39, 0.29) is 48.6 Å². The van der Waals surface area contributed by atoms with Crippen molar-refractivity contribution in [2.45, 2.75) is 32.4 Å². The highest BCUT2D eigenvalue weighted by atomic mass is 19.1. The monoisotopic (exact) mass is 481 g/mol. The number of ketones is 1. The number of aromatic nitrogens is 2. The summed E-state index contributed by atoms with van der Waals surface area (Å²) < 4.78 is 33.8. The fourth-order valence-corrected chi connectivity index (χ4v) is 4.45. The molecule has 2 aromatic heterocycles. The second-order valence-electron chi connectivity index (χ2n) is 8.26. The zero-order chi connectivity index (χ0) is 23.8. The number of alkyl carbamates (subject to hydrolysis) is 1. The molecule has 5 rings (SSSR count). The Morgan fingerprint density at radius 1 is 1.20 bits per heavy atom. The van der Waals surface area contributed by atoms with E-state index in [0.717, 1.165) is 17.8 Å². The highest BCUT2D eigenvalue weighted by molar-refractivity contribution is 6.01. The van der Waals surface area contributed by atoms with E-state index in [0.29, 0.717) is 25.1 Å². The van der Waals surface area contributed by atoms with Crippen LogP contribution >= 0.6 is 0 Å². The van der Waals surface area contributed by atoms with Crippen molar-refractivity contribution in [2.24, 2.45) is 0 Å². The predicted octanol–water partition coefficient (Wildman–Crippen LogP) is 3.75. The number of piperidine rings is 1. The van der Waals surface area contributed by atoms with Crippen molar-refractivity contribution >= 4 is 23.3 Å². The fourth-order valence-electron chi connectivity index (χ4n) is 4.45. The van der Waals surface area contributed by atoms with E-state index in [1.165, 1.54) is 18.2 Å². The summed E-state index contributed by atoms with van der Waals surface area (Å²) in [4.78, 5) is 35.2. The number of rotatable bonds is 5.